The van der Waals surface area contributed by atoms with Crippen molar-refractivity contribution in [2.24, 2.45) is 0 Å². The Morgan fingerprint density at radius 1 is 1.13 bits per heavy atom. The number of ether oxygens (including phenoxy) is 1. The maximum Gasteiger partial charge on any atom is 0.276 e. The quantitative estimate of drug-likeness (QED) is 0.940. The van der Waals surface area contributed by atoms with Crippen molar-refractivity contribution < 1.29 is 9.53 Å². The number of carbonyl (C=O) groups excluding carboxylic acids is 1. The average Bonchev–Trinajstić information content (AvgIpc) is 2.63. The van der Waals surface area contributed by atoms with Crippen LogP contribution in [0.4, 0.5) is 11.5 Å². The molecule has 1 saturated heterocycles. The number of rotatable bonds is 4. The number of anilines is 2. The lowest BCUT2D eigenvalue weighted by atomic mass is 10.1. The molecule has 0 unspecified atom stereocenters. The number of methoxy groups -OCH3 is 1. The zero-order valence-corrected chi connectivity index (χ0v) is 13.2. The van der Waals surface area contributed by atoms with Gasteiger partial charge < -0.3 is 15.0 Å². The Balaban J connectivity index is 1.67. The summed E-state index contributed by atoms with van der Waals surface area (Å²) >= 11 is 0. The van der Waals surface area contributed by atoms with E-state index in [1.54, 1.807) is 25.3 Å². The number of nitrogens with zero attached hydrogens (tertiary/aromatic N) is 3. The summed E-state index contributed by atoms with van der Waals surface area (Å²) in [4.78, 5) is 14.4. The van der Waals surface area contributed by atoms with E-state index in [1.165, 1.54) is 19.3 Å². The van der Waals surface area contributed by atoms with Crippen LogP contribution < -0.4 is 15.0 Å². The van der Waals surface area contributed by atoms with Crippen LogP contribution in [0.15, 0.2) is 36.4 Å². The van der Waals surface area contributed by atoms with Gasteiger partial charge in [0.2, 0.25) is 0 Å². The molecule has 0 saturated carbocycles. The first kappa shape index (κ1) is 15.3. The SMILES string of the molecule is COc1cccc(NC(=O)c2ccc(N3CCCCC3)nn2)c1. The fourth-order valence-corrected chi connectivity index (χ4v) is 2.63. The lowest BCUT2D eigenvalue weighted by molar-refractivity contribution is 0.102. The second-order valence-electron chi connectivity index (χ2n) is 5.51. The van der Waals surface area contributed by atoms with Crippen molar-refractivity contribution in [1.29, 1.82) is 0 Å². The van der Waals surface area contributed by atoms with E-state index in [9.17, 15) is 4.79 Å². The van der Waals surface area contributed by atoms with Gasteiger partial charge in [-0.1, -0.05) is 6.07 Å². The minimum atomic E-state index is -0.282. The number of hydrogen-bond acceptors (Lipinski definition) is 5. The van der Waals surface area contributed by atoms with Crippen LogP contribution in [0.2, 0.25) is 0 Å². The normalized spacial score (nSPS) is 14.4. The Kier molecular flexibility index (Phi) is 4.71. The fraction of sp³-hybridized carbons (Fsp3) is 0.353. The summed E-state index contributed by atoms with van der Waals surface area (Å²) in [5.74, 6) is 1.24. The summed E-state index contributed by atoms with van der Waals surface area (Å²) in [5.41, 5.74) is 0.963. The molecule has 0 atom stereocenters. The number of nitrogens with one attached hydrogen (secondary N) is 1. The summed E-state index contributed by atoms with van der Waals surface area (Å²) in [6.07, 6.45) is 3.63. The van der Waals surface area contributed by atoms with Crippen LogP contribution >= 0.6 is 0 Å². The largest absolute Gasteiger partial charge is 0.497 e. The minimum absolute atomic E-state index is 0.282. The van der Waals surface area contributed by atoms with E-state index >= 15 is 0 Å². The molecule has 0 aliphatic carbocycles. The molecule has 2 heterocycles. The van der Waals surface area contributed by atoms with Gasteiger partial charge in [0, 0.05) is 24.8 Å². The second kappa shape index (κ2) is 7.09. The number of carbonyl (C=O) groups is 1. The van der Waals surface area contributed by atoms with Crippen LogP contribution in [0.5, 0.6) is 5.75 Å². The van der Waals surface area contributed by atoms with Gasteiger partial charge in [0.05, 0.1) is 7.11 Å². The Morgan fingerprint density at radius 3 is 2.65 bits per heavy atom. The fourth-order valence-electron chi connectivity index (χ4n) is 2.63. The van der Waals surface area contributed by atoms with Crippen molar-refractivity contribution in [2.75, 3.05) is 30.4 Å². The predicted octanol–water partition coefficient (Wildman–Crippen LogP) is 2.73. The number of benzene rings is 1. The first-order valence-electron chi connectivity index (χ1n) is 7.80. The Bertz CT molecular complexity index is 667. The maximum absolute atomic E-state index is 12.2. The molecule has 0 bridgehead atoms. The highest BCUT2D eigenvalue weighted by atomic mass is 16.5. The van der Waals surface area contributed by atoms with E-state index < -0.39 is 0 Å². The molecule has 1 aromatic heterocycles. The molecule has 1 N–H and O–H groups in total. The van der Waals surface area contributed by atoms with Crippen molar-refractivity contribution in [1.82, 2.24) is 10.2 Å². The number of aromatic nitrogens is 2. The molecule has 6 heteroatoms. The molecule has 0 radical (unpaired) electrons. The Morgan fingerprint density at radius 2 is 1.96 bits per heavy atom. The highest BCUT2D eigenvalue weighted by molar-refractivity contribution is 6.02. The second-order valence-corrected chi connectivity index (χ2v) is 5.51. The molecule has 0 spiro atoms. The Labute approximate surface area is 135 Å². The molecule has 120 valence electrons. The summed E-state index contributed by atoms with van der Waals surface area (Å²) < 4.78 is 5.14. The van der Waals surface area contributed by atoms with Crippen molar-refractivity contribution in [3.8, 4) is 5.75 Å². The standard InChI is InChI=1S/C17H20N4O2/c1-23-14-7-5-6-13(12-14)18-17(22)15-8-9-16(20-19-15)21-10-3-2-4-11-21/h5-9,12H,2-4,10-11H2,1H3,(H,18,22). The van der Waals surface area contributed by atoms with E-state index in [0.29, 0.717) is 17.1 Å². The Hall–Kier alpha value is -2.63. The van der Waals surface area contributed by atoms with Gasteiger partial charge in [-0.3, -0.25) is 4.79 Å². The molecular formula is C17H20N4O2. The molecular weight excluding hydrogens is 292 g/mol. The number of amides is 1. The van der Waals surface area contributed by atoms with Gasteiger partial charge in [-0.15, -0.1) is 10.2 Å². The van der Waals surface area contributed by atoms with Crippen LogP contribution in [-0.2, 0) is 0 Å². The van der Waals surface area contributed by atoms with Crippen molar-refractivity contribution in [3.05, 3.63) is 42.1 Å². The zero-order chi connectivity index (χ0) is 16.1. The van der Waals surface area contributed by atoms with Gasteiger partial charge in [0.1, 0.15) is 5.75 Å². The molecule has 23 heavy (non-hydrogen) atoms. The molecule has 1 aliphatic rings. The van der Waals surface area contributed by atoms with Gasteiger partial charge in [-0.2, -0.15) is 0 Å². The third-order valence-electron chi connectivity index (χ3n) is 3.89. The molecule has 6 nitrogen and oxygen atoms in total. The monoisotopic (exact) mass is 312 g/mol. The maximum atomic E-state index is 12.2. The van der Waals surface area contributed by atoms with Crippen molar-refractivity contribution in [3.63, 3.8) is 0 Å². The van der Waals surface area contributed by atoms with Gasteiger partial charge >= 0.3 is 0 Å². The van der Waals surface area contributed by atoms with Crippen molar-refractivity contribution >= 4 is 17.4 Å². The van der Waals surface area contributed by atoms with Gasteiger partial charge in [-0.05, 0) is 43.5 Å². The van der Waals surface area contributed by atoms with E-state index in [-0.39, 0.29) is 5.91 Å². The smallest absolute Gasteiger partial charge is 0.276 e. The van der Waals surface area contributed by atoms with Crippen LogP contribution in [0, 0.1) is 0 Å². The summed E-state index contributed by atoms with van der Waals surface area (Å²) in [5, 5.41) is 11.0. The molecule has 1 aliphatic heterocycles. The predicted molar refractivity (Wildman–Crippen MR) is 89.0 cm³/mol. The lowest BCUT2D eigenvalue weighted by Gasteiger charge is -2.27. The zero-order valence-electron chi connectivity index (χ0n) is 13.2. The first-order chi connectivity index (χ1) is 11.3. The summed E-state index contributed by atoms with van der Waals surface area (Å²) in [6, 6.07) is 10.8. The van der Waals surface area contributed by atoms with E-state index in [1.807, 2.05) is 18.2 Å². The summed E-state index contributed by atoms with van der Waals surface area (Å²) in [7, 11) is 1.59. The van der Waals surface area contributed by atoms with Crippen LogP contribution in [0.3, 0.4) is 0 Å². The van der Waals surface area contributed by atoms with E-state index in [0.717, 1.165) is 18.9 Å². The van der Waals surface area contributed by atoms with Crippen LogP contribution in [0.1, 0.15) is 29.8 Å². The third-order valence-corrected chi connectivity index (χ3v) is 3.89. The third kappa shape index (κ3) is 3.77. The van der Waals surface area contributed by atoms with Crippen molar-refractivity contribution in [2.45, 2.75) is 19.3 Å². The first-order valence-corrected chi connectivity index (χ1v) is 7.80. The van der Waals surface area contributed by atoms with E-state index in [4.69, 9.17) is 4.74 Å². The highest BCUT2D eigenvalue weighted by Gasteiger charge is 2.14. The average molecular weight is 312 g/mol. The van der Waals surface area contributed by atoms with Gasteiger partial charge in [-0.25, -0.2) is 0 Å². The molecule has 3 rings (SSSR count). The van der Waals surface area contributed by atoms with Gasteiger partial charge in [0.15, 0.2) is 11.5 Å². The highest BCUT2D eigenvalue weighted by Crippen LogP contribution is 2.19. The van der Waals surface area contributed by atoms with Gasteiger partial charge in [0.25, 0.3) is 5.91 Å². The minimum Gasteiger partial charge on any atom is -0.497 e. The van der Waals surface area contributed by atoms with Crippen LogP contribution in [-0.4, -0.2) is 36.3 Å². The number of piperidine rings is 1. The van der Waals surface area contributed by atoms with E-state index in [2.05, 4.69) is 20.4 Å². The topological polar surface area (TPSA) is 67.3 Å². The van der Waals surface area contributed by atoms with Crippen LogP contribution in [0.25, 0.3) is 0 Å². The molecule has 1 fully saturated rings. The molecule has 2 aromatic rings. The molecule has 1 aromatic carbocycles. The summed E-state index contributed by atoms with van der Waals surface area (Å²) in [6.45, 7) is 2.01. The number of hydrogen-bond donors (Lipinski definition) is 1. The molecule has 1 amide bonds. The lowest BCUT2D eigenvalue weighted by Crippen LogP contribution is -2.30.